The van der Waals surface area contributed by atoms with Gasteiger partial charge in [0.05, 0.1) is 21.8 Å². The van der Waals surface area contributed by atoms with Crippen LogP contribution in [0.4, 0.5) is 5.82 Å². The maximum Gasteiger partial charge on any atom is 0.349 e. The standard InChI is InChI=1S/C18H16Cl2N6O5/c1-30-9-2-7(3-9)10-6-13(23-24-16(10)27)31-14-11(19)4-8(5-12(14)20)26-18(29)22-17(28)15(21)25-26/h4-7,9H,2-3H2,1H3,(H2,21,25)(H,24,27)(H,22,28,29)/t7-,9-. The topological polar surface area (TPSA) is 158 Å². The average molecular weight is 467 g/mol. The molecule has 4 N–H and O–H groups in total. The van der Waals surface area contributed by atoms with E-state index in [0.29, 0.717) is 5.56 Å². The lowest BCUT2D eigenvalue weighted by atomic mass is 9.78. The first-order valence-electron chi connectivity index (χ1n) is 9.05. The Morgan fingerprint density at radius 1 is 1.13 bits per heavy atom. The highest BCUT2D eigenvalue weighted by Crippen LogP contribution is 2.40. The van der Waals surface area contributed by atoms with Crippen molar-refractivity contribution in [2.45, 2.75) is 24.9 Å². The van der Waals surface area contributed by atoms with Crippen molar-refractivity contribution in [3.05, 3.63) is 65.0 Å². The van der Waals surface area contributed by atoms with E-state index in [-0.39, 0.29) is 44.9 Å². The fraction of sp³-hybridized carbons (Fsp3) is 0.278. The number of nitrogens with zero attached hydrogens (tertiary/aromatic N) is 3. The van der Waals surface area contributed by atoms with Gasteiger partial charge in [0.25, 0.3) is 11.1 Å². The number of methoxy groups -OCH3 is 1. The summed E-state index contributed by atoms with van der Waals surface area (Å²) < 4.78 is 11.8. The van der Waals surface area contributed by atoms with E-state index in [2.05, 4.69) is 15.3 Å². The predicted molar refractivity (Wildman–Crippen MR) is 113 cm³/mol. The fourth-order valence-electron chi connectivity index (χ4n) is 3.23. The number of aromatic nitrogens is 5. The molecule has 0 atom stereocenters. The number of H-pyrrole nitrogens is 2. The second kappa shape index (κ2) is 8.17. The van der Waals surface area contributed by atoms with Crippen molar-refractivity contribution in [1.29, 1.82) is 0 Å². The first-order chi connectivity index (χ1) is 14.8. The molecule has 0 amide bonds. The molecule has 1 fully saturated rings. The van der Waals surface area contributed by atoms with Crippen LogP contribution in [0.1, 0.15) is 24.3 Å². The van der Waals surface area contributed by atoms with Crippen LogP contribution < -0.4 is 27.3 Å². The van der Waals surface area contributed by atoms with Gasteiger partial charge < -0.3 is 15.2 Å². The normalized spacial score (nSPS) is 17.9. The SMILES string of the molecule is CO[C@H]1C[C@H](c2cc(Oc3c(Cl)cc(-n4nc(N)c(=O)[nH]c4=O)cc3Cl)n[nH]c2=O)C1. The van der Waals surface area contributed by atoms with Crippen molar-refractivity contribution in [1.82, 2.24) is 25.0 Å². The number of ether oxygens (including phenoxy) is 2. The highest BCUT2D eigenvalue weighted by Gasteiger charge is 2.32. The van der Waals surface area contributed by atoms with Gasteiger partial charge >= 0.3 is 5.69 Å². The molecule has 31 heavy (non-hydrogen) atoms. The summed E-state index contributed by atoms with van der Waals surface area (Å²) in [6, 6.07) is 4.25. The number of nitrogen functional groups attached to an aromatic ring is 1. The molecule has 2 heterocycles. The van der Waals surface area contributed by atoms with Gasteiger partial charge in [-0.15, -0.1) is 10.2 Å². The molecule has 0 spiro atoms. The molecule has 0 unspecified atom stereocenters. The molecule has 0 bridgehead atoms. The summed E-state index contributed by atoms with van der Waals surface area (Å²) >= 11 is 12.6. The zero-order chi connectivity index (χ0) is 22.3. The Morgan fingerprint density at radius 2 is 1.81 bits per heavy atom. The minimum absolute atomic E-state index is 0.0380. The molecule has 4 rings (SSSR count). The minimum atomic E-state index is -0.818. The molecule has 13 heteroatoms. The highest BCUT2D eigenvalue weighted by atomic mass is 35.5. The van der Waals surface area contributed by atoms with Crippen LogP contribution in [0.15, 0.2) is 32.6 Å². The number of anilines is 1. The fourth-order valence-corrected chi connectivity index (χ4v) is 3.78. The summed E-state index contributed by atoms with van der Waals surface area (Å²) in [5, 5.41) is 10.1. The molecule has 11 nitrogen and oxygen atoms in total. The summed E-state index contributed by atoms with van der Waals surface area (Å²) in [5.41, 5.74) is 4.23. The molecule has 1 aromatic carbocycles. The molecule has 1 saturated carbocycles. The van der Waals surface area contributed by atoms with Gasteiger partial charge in [-0.25, -0.2) is 9.89 Å². The number of halogens is 2. The van der Waals surface area contributed by atoms with E-state index in [1.165, 1.54) is 18.2 Å². The Hall–Kier alpha value is -3.15. The van der Waals surface area contributed by atoms with Crippen molar-refractivity contribution in [3.8, 4) is 17.3 Å². The van der Waals surface area contributed by atoms with E-state index < -0.39 is 17.1 Å². The van der Waals surface area contributed by atoms with Crippen LogP contribution in [0.25, 0.3) is 5.69 Å². The third-order valence-corrected chi connectivity index (χ3v) is 5.53. The van der Waals surface area contributed by atoms with Crippen molar-refractivity contribution in [2.24, 2.45) is 0 Å². The number of nitrogens with two attached hydrogens (primary N) is 1. The maximum absolute atomic E-state index is 12.1. The van der Waals surface area contributed by atoms with Crippen molar-refractivity contribution >= 4 is 29.0 Å². The summed E-state index contributed by atoms with van der Waals surface area (Å²) in [7, 11) is 1.63. The molecule has 0 radical (unpaired) electrons. The summed E-state index contributed by atoms with van der Waals surface area (Å²) in [6.45, 7) is 0. The summed E-state index contributed by atoms with van der Waals surface area (Å²) in [4.78, 5) is 37.6. The monoisotopic (exact) mass is 466 g/mol. The summed E-state index contributed by atoms with van der Waals surface area (Å²) in [6.07, 6.45) is 1.57. The predicted octanol–water partition coefficient (Wildman–Crippen LogP) is 1.58. The Morgan fingerprint density at radius 3 is 2.45 bits per heavy atom. The molecule has 3 aromatic rings. The van der Waals surface area contributed by atoms with Crippen LogP contribution in [0.2, 0.25) is 10.0 Å². The smallest absolute Gasteiger partial charge is 0.349 e. The van der Waals surface area contributed by atoms with E-state index in [1.54, 1.807) is 7.11 Å². The summed E-state index contributed by atoms with van der Waals surface area (Å²) in [5.74, 6) is -0.207. The van der Waals surface area contributed by atoms with E-state index in [9.17, 15) is 14.4 Å². The first-order valence-corrected chi connectivity index (χ1v) is 9.81. The highest BCUT2D eigenvalue weighted by molar-refractivity contribution is 6.37. The Bertz CT molecular complexity index is 1300. The van der Waals surface area contributed by atoms with Gasteiger partial charge in [0.1, 0.15) is 0 Å². The lowest BCUT2D eigenvalue weighted by molar-refractivity contribution is 0.0253. The van der Waals surface area contributed by atoms with Gasteiger partial charge in [-0.05, 0) is 30.9 Å². The van der Waals surface area contributed by atoms with E-state index in [4.69, 9.17) is 38.4 Å². The van der Waals surface area contributed by atoms with Gasteiger partial charge in [0, 0.05) is 18.7 Å². The Balaban J connectivity index is 1.65. The van der Waals surface area contributed by atoms with Gasteiger partial charge in [-0.3, -0.25) is 14.6 Å². The largest absolute Gasteiger partial charge is 0.434 e. The van der Waals surface area contributed by atoms with Gasteiger partial charge in [-0.2, -0.15) is 4.68 Å². The maximum atomic E-state index is 12.1. The molecule has 1 aliphatic carbocycles. The van der Waals surface area contributed by atoms with Crippen LogP contribution in [0, 0.1) is 0 Å². The van der Waals surface area contributed by atoms with E-state index >= 15 is 0 Å². The lowest BCUT2D eigenvalue weighted by Crippen LogP contribution is -2.33. The Labute approximate surface area is 183 Å². The molecular weight excluding hydrogens is 451 g/mol. The molecule has 0 saturated heterocycles. The molecule has 1 aliphatic rings. The third kappa shape index (κ3) is 4.07. The number of rotatable bonds is 5. The van der Waals surface area contributed by atoms with Crippen molar-refractivity contribution < 1.29 is 9.47 Å². The number of benzene rings is 1. The molecular formula is C18H16Cl2N6O5. The molecule has 2 aromatic heterocycles. The van der Waals surface area contributed by atoms with Crippen LogP contribution in [-0.4, -0.2) is 38.2 Å². The minimum Gasteiger partial charge on any atom is -0.434 e. The quantitative estimate of drug-likeness (QED) is 0.510. The molecule has 0 aliphatic heterocycles. The number of aromatic amines is 2. The number of hydrogen-bond acceptors (Lipinski definition) is 8. The van der Waals surface area contributed by atoms with Crippen molar-refractivity contribution in [3.63, 3.8) is 0 Å². The Kier molecular flexibility index (Phi) is 5.56. The lowest BCUT2D eigenvalue weighted by Gasteiger charge is -2.33. The number of hydrogen-bond donors (Lipinski definition) is 3. The van der Waals surface area contributed by atoms with Crippen LogP contribution >= 0.6 is 23.2 Å². The first kappa shape index (κ1) is 21.1. The van der Waals surface area contributed by atoms with E-state index in [0.717, 1.165) is 17.5 Å². The second-order valence-corrected chi connectivity index (χ2v) is 7.73. The number of nitrogens with one attached hydrogen (secondary N) is 2. The zero-order valence-electron chi connectivity index (χ0n) is 16.0. The molecule has 162 valence electrons. The van der Waals surface area contributed by atoms with Gasteiger partial charge in [0.2, 0.25) is 11.7 Å². The zero-order valence-corrected chi connectivity index (χ0v) is 17.5. The second-order valence-electron chi connectivity index (χ2n) is 6.91. The van der Waals surface area contributed by atoms with Gasteiger partial charge in [-0.1, -0.05) is 23.2 Å². The van der Waals surface area contributed by atoms with Gasteiger partial charge in [0.15, 0.2) is 5.75 Å². The van der Waals surface area contributed by atoms with Crippen LogP contribution in [-0.2, 0) is 4.74 Å². The average Bonchev–Trinajstić information content (AvgIpc) is 2.68. The van der Waals surface area contributed by atoms with Crippen molar-refractivity contribution in [2.75, 3.05) is 12.8 Å². The third-order valence-electron chi connectivity index (χ3n) is 4.96. The van der Waals surface area contributed by atoms with E-state index in [1.807, 2.05) is 4.98 Å². The van der Waals surface area contributed by atoms with Crippen LogP contribution in [0.5, 0.6) is 11.6 Å². The van der Waals surface area contributed by atoms with Crippen LogP contribution in [0.3, 0.4) is 0 Å².